The van der Waals surface area contributed by atoms with Crippen LogP contribution in [0, 0.1) is 5.92 Å². The standard InChI is InChI=1S/C13H20BrNO/c1-3-10(4-2)8-15-9-11-5-6-13(16)12(14)7-11/h5-7,10,15-16H,3-4,8-9H2,1-2H3. The van der Waals surface area contributed by atoms with Crippen LogP contribution in [0.2, 0.25) is 0 Å². The van der Waals surface area contributed by atoms with Gasteiger partial charge in [0, 0.05) is 6.54 Å². The molecule has 90 valence electrons. The highest BCUT2D eigenvalue weighted by molar-refractivity contribution is 9.10. The molecule has 0 aliphatic carbocycles. The topological polar surface area (TPSA) is 32.3 Å². The number of aromatic hydroxyl groups is 1. The summed E-state index contributed by atoms with van der Waals surface area (Å²) in [6.45, 7) is 6.38. The van der Waals surface area contributed by atoms with Crippen molar-refractivity contribution in [1.29, 1.82) is 0 Å². The molecule has 0 saturated carbocycles. The number of rotatable bonds is 6. The molecule has 0 radical (unpaired) electrons. The van der Waals surface area contributed by atoms with Gasteiger partial charge in [-0.1, -0.05) is 32.8 Å². The summed E-state index contributed by atoms with van der Waals surface area (Å²) in [5, 5.41) is 12.8. The smallest absolute Gasteiger partial charge is 0.129 e. The van der Waals surface area contributed by atoms with Crippen molar-refractivity contribution in [2.75, 3.05) is 6.54 Å². The number of hydrogen-bond acceptors (Lipinski definition) is 2. The fourth-order valence-corrected chi connectivity index (χ4v) is 2.08. The molecule has 16 heavy (non-hydrogen) atoms. The molecule has 0 aromatic heterocycles. The number of benzene rings is 1. The molecule has 2 nitrogen and oxygen atoms in total. The summed E-state index contributed by atoms with van der Waals surface area (Å²) >= 11 is 3.32. The molecule has 0 heterocycles. The summed E-state index contributed by atoms with van der Waals surface area (Å²) in [4.78, 5) is 0. The fourth-order valence-electron chi connectivity index (χ4n) is 1.66. The first-order valence-electron chi connectivity index (χ1n) is 5.85. The van der Waals surface area contributed by atoms with Crippen LogP contribution in [0.15, 0.2) is 22.7 Å². The van der Waals surface area contributed by atoms with Gasteiger partial charge < -0.3 is 10.4 Å². The highest BCUT2D eigenvalue weighted by Gasteiger charge is 2.03. The number of hydrogen-bond donors (Lipinski definition) is 2. The van der Waals surface area contributed by atoms with Crippen LogP contribution < -0.4 is 5.32 Å². The zero-order valence-corrected chi connectivity index (χ0v) is 11.5. The predicted octanol–water partition coefficient (Wildman–Crippen LogP) is 3.68. The Balaban J connectivity index is 2.40. The van der Waals surface area contributed by atoms with E-state index in [9.17, 15) is 5.11 Å². The molecule has 0 fully saturated rings. The molecular formula is C13H20BrNO. The highest BCUT2D eigenvalue weighted by atomic mass is 79.9. The molecule has 0 aliphatic rings. The van der Waals surface area contributed by atoms with E-state index in [2.05, 4.69) is 35.1 Å². The summed E-state index contributed by atoms with van der Waals surface area (Å²) < 4.78 is 0.759. The molecule has 0 amide bonds. The summed E-state index contributed by atoms with van der Waals surface area (Å²) in [5.74, 6) is 1.06. The van der Waals surface area contributed by atoms with Gasteiger partial charge in [0.2, 0.25) is 0 Å². The lowest BCUT2D eigenvalue weighted by Gasteiger charge is -2.13. The lowest BCUT2D eigenvalue weighted by atomic mass is 10.0. The van der Waals surface area contributed by atoms with Crippen molar-refractivity contribution < 1.29 is 5.11 Å². The Morgan fingerprint density at radius 2 is 2.00 bits per heavy atom. The van der Waals surface area contributed by atoms with Crippen molar-refractivity contribution >= 4 is 15.9 Å². The van der Waals surface area contributed by atoms with Gasteiger partial charge in [0.05, 0.1) is 4.47 Å². The van der Waals surface area contributed by atoms with Crippen molar-refractivity contribution in [2.24, 2.45) is 5.92 Å². The fraction of sp³-hybridized carbons (Fsp3) is 0.538. The summed E-state index contributed by atoms with van der Waals surface area (Å²) in [6, 6.07) is 5.62. The van der Waals surface area contributed by atoms with Crippen molar-refractivity contribution in [2.45, 2.75) is 33.2 Å². The zero-order chi connectivity index (χ0) is 12.0. The quantitative estimate of drug-likeness (QED) is 0.836. The Bertz CT molecular complexity index is 324. The van der Waals surface area contributed by atoms with Gasteiger partial charge in [-0.2, -0.15) is 0 Å². The monoisotopic (exact) mass is 285 g/mol. The predicted molar refractivity (Wildman–Crippen MR) is 71.6 cm³/mol. The Morgan fingerprint density at radius 1 is 1.31 bits per heavy atom. The van der Waals surface area contributed by atoms with E-state index in [1.807, 2.05) is 12.1 Å². The Hall–Kier alpha value is -0.540. The second-order valence-corrected chi connectivity index (χ2v) is 4.95. The van der Waals surface area contributed by atoms with Crippen LogP contribution in [0.3, 0.4) is 0 Å². The van der Waals surface area contributed by atoms with Crippen LogP contribution in [0.5, 0.6) is 5.75 Å². The SMILES string of the molecule is CCC(CC)CNCc1ccc(O)c(Br)c1. The molecule has 1 rings (SSSR count). The van der Waals surface area contributed by atoms with Gasteiger partial charge in [0.15, 0.2) is 0 Å². The van der Waals surface area contributed by atoms with Crippen LogP contribution in [0.4, 0.5) is 0 Å². The number of phenols is 1. The first-order chi connectivity index (χ1) is 7.67. The van der Waals surface area contributed by atoms with Crippen molar-refractivity contribution in [3.05, 3.63) is 28.2 Å². The van der Waals surface area contributed by atoms with E-state index in [1.54, 1.807) is 6.07 Å². The van der Waals surface area contributed by atoms with E-state index in [1.165, 1.54) is 18.4 Å². The molecule has 2 N–H and O–H groups in total. The van der Waals surface area contributed by atoms with Gasteiger partial charge in [-0.25, -0.2) is 0 Å². The molecule has 0 spiro atoms. The molecule has 0 unspecified atom stereocenters. The first kappa shape index (κ1) is 13.5. The minimum Gasteiger partial charge on any atom is -0.507 e. The summed E-state index contributed by atoms with van der Waals surface area (Å²) in [7, 11) is 0. The van der Waals surface area contributed by atoms with Gasteiger partial charge in [-0.3, -0.25) is 0 Å². The van der Waals surface area contributed by atoms with Gasteiger partial charge in [0.25, 0.3) is 0 Å². The summed E-state index contributed by atoms with van der Waals surface area (Å²) in [6.07, 6.45) is 2.45. The van der Waals surface area contributed by atoms with Gasteiger partial charge >= 0.3 is 0 Å². The van der Waals surface area contributed by atoms with Crippen LogP contribution in [-0.2, 0) is 6.54 Å². The second kappa shape index (κ2) is 6.92. The highest BCUT2D eigenvalue weighted by Crippen LogP contribution is 2.24. The van der Waals surface area contributed by atoms with Crippen LogP contribution in [0.25, 0.3) is 0 Å². The number of phenolic OH excluding ortho intramolecular Hbond substituents is 1. The molecule has 0 bridgehead atoms. The van der Waals surface area contributed by atoms with Crippen molar-refractivity contribution in [3.63, 3.8) is 0 Å². The largest absolute Gasteiger partial charge is 0.507 e. The van der Waals surface area contributed by atoms with Crippen LogP contribution in [-0.4, -0.2) is 11.7 Å². The minimum absolute atomic E-state index is 0.295. The molecule has 1 aromatic carbocycles. The zero-order valence-electron chi connectivity index (χ0n) is 9.96. The van der Waals surface area contributed by atoms with E-state index in [4.69, 9.17) is 0 Å². The number of halogens is 1. The van der Waals surface area contributed by atoms with Crippen molar-refractivity contribution in [3.8, 4) is 5.75 Å². The van der Waals surface area contributed by atoms with Gasteiger partial charge in [-0.05, 0) is 46.1 Å². The molecule has 3 heteroatoms. The molecule has 0 aliphatic heterocycles. The average molecular weight is 286 g/mol. The van der Waals surface area contributed by atoms with E-state index >= 15 is 0 Å². The molecule has 0 saturated heterocycles. The van der Waals surface area contributed by atoms with Crippen molar-refractivity contribution in [1.82, 2.24) is 5.32 Å². The van der Waals surface area contributed by atoms with Gasteiger partial charge in [0.1, 0.15) is 5.75 Å². The molecular weight excluding hydrogens is 266 g/mol. The molecule has 0 atom stereocenters. The van der Waals surface area contributed by atoms with E-state index in [0.717, 1.165) is 23.5 Å². The van der Waals surface area contributed by atoms with Crippen LogP contribution >= 0.6 is 15.9 Å². The third-order valence-electron chi connectivity index (χ3n) is 2.93. The Kier molecular flexibility index (Phi) is 5.85. The minimum atomic E-state index is 0.295. The Morgan fingerprint density at radius 3 is 2.56 bits per heavy atom. The second-order valence-electron chi connectivity index (χ2n) is 4.10. The normalized spacial score (nSPS) is 11.0. The van der Waals surface area contributed by atoms with E-state index in [0.29, 0.717) is 5.75 Å². The van der Waals surface area contributed by atoms with Gasteiger partial charge in [-0.15, -0.1) is 0 Å². The maximum Gasteiger partial charge on any atom is 0.129 e. The third-order valence-corrected chi connectivity index (χ3v) is 3.56. The third kappa shape index (κ3) is 4.14. The number of nitrogens with one attached hydrogen (secondary N) is 1. The lowest BCUT2D eigenvalue weighted by Crippen LogP contribution is -2.21. The average Bonchev–Trinajstić information content (AvgIpc) is 2.29. The first-order valence-corrected chi connectivity index (χ1v) is 6.64. The van der Waals surface area contributed by atoms with E-state index in [-0.39, 0.29) is 0 Å². The van der Waals surface area contributed by atoms with Crippen LogP contribution in [0.1, 0.15) is 32.3 Å². The maximum atomic E-state index is 9.37. The lowest BCUT2D eigenvalue weighted by molar-refractivity contribution is 0.449. The molecule has 1 aromatic rings. The van der Waals surface area contributed by atoms with E-state index < -0.39 is 0 Å². The maximum absolute atomic E-state index is 9.37. The summed E-state index contributed by atoms with van der Waals surface area (Å²) in [5.41, 5.74) is 1.19. The Labute approximate surface area is 106 Å².